The van der Waals surface area contributed by atoms with Gasteiger partial charge >= 0.3 is 0 Å². The number of fused-ring (bicyclic) bond motifs is 1. The molecule has 0 spiro atoms. The Morgan fingerprint density at radius 2 is 1.79 bits per heavy atom. The molecular formula is C25H20FN3O4S. The van der Waals surface area contributed by atoms with Gasteiger partial charge in [-0.05, 0) is 35.9 Å². The monoisotopic (exact) mass is 477 g/mol. The molecule has 0 atom stereocenters. The summed E-state index contributed by atoms with van der Waals surface area (Å²) in [5.74, 6) is -1.46. The first-order chi connectivity index (χ1) is 16.2. The number of nitrogens with zero attached hydrogens (tertiary/aromatic N) is 3. The average molecular weight is 478 g/mol. The van der Waals surface area contributed by atoms with E-state index in [0.717, 1.165) is 6.26 Å². The van der Waals surface area contributed by atoms with E-state index in [-0.39, 0.29) is 23.4 Å². The molecule has 0 unspecified atom stereocenters. The van der Waals surface area contributed by atoms with Gasteiger partial charge in [-0.15, -0.1) is 0 Å². The average Bonchev–Trinajstić information content (AvgIpc) is 2.82. The number of sulfone groups is 1. The van der Waals surface area contributed by atoms with Crippen molar-refractivity contribution in [3.05, 3.63) is 101 Å². The van der Waals surface area contributed by atoms with Crippen molar-refractivity contribution >= 4 is 32.6 Å². The van der Waals surface area contributed by atoms with Crippen LogP contribution < -0.4 is 5.56 Å². The SMILES string of the molecule is CS(=O)(=O)CCn1c(=O)c(C(=O)/C=C/c2cncnc2)c(-c2ccccc2)c2cc(F)ccc21. The van der Waals surface area contributed by atoms with Crippen LogP contribution in [0.5, 0.6) is 0 Å². The van der Waals surface area contributed by atoms with Crippen LogP contribution in [0.2, 0.25) is 0 Å². The van der Waals surface area contributed by atoms with Gasteiger partial charge in [-0.1, -0.05) is 30.3 Å². The zero-order valence-corrected chi connectivity index (χ0v) is 19.0. The highest BCUT2D eigenvalue weighted by Gasteiger charge is 2.23. The highest BCUT2D eigenvalue weighted by molar-refractivity contribution is 7.90. The first-order valence-electron chi connectivity index (χ1n) is 10.3. The summed E-state index contributed by atoms with van der Waals surface area (Å²) in [5, 5.41) is 0.332. The highest BCUT2D eigenvalue weighted by Crippen LogP contribution is 2.31. The molecule has 0 N–H and O–H groups in total. The highest BCUT2D eigenvalue weighted by atomic mass is 32.2. The lowest BCUT2D eigenvalue weighted by molar-refractivity contribution is 0.104. The number of hydrogen-bond donors (Lipinski definition) is 0. The van der Waals surface area contributed by atoms with Gasteiger partial charge in [0.05, 0.1) is 16.8 Å². The van der Waals surface area contributed by atoms with Crippen LogP contribution in [0.25, 0.3) is 28.1 Å². The molecule has 0 radical (unpaired) electrons. The molecule has 2 aromatic heterocycles. The van der Waals surface area contributed by atoms with Crippen molar-refractivity contribution in [2.75, 3.05) is 12.0 Å². The van der Waals surface area contributed by atoms with Gasteiger partial charge in [-0.2, -0.15) is 0 Å². The van der Waals surface area contributed by atoms with Crippen LogP contribution in [0, 0.1) is 5.82 Å². The maximum atomic E-state index is 14.3. The number of aromatic nitrogens is 3. The van der Waals surface area contributed by atoms with Crippen molar-refractivity contribution in [2.45, 2.75) is 6.54 Å². The van der Waals surface area contributed by atoms with E-state index in [1.807, 2.05) is 0 Å². The fraction of sp³-hybridized carbons (Fsp3) is 0.120. The molecule has 2 heterocycles. The third-order valence-corrected chi connectivity index (χ3v) is 6.15. The largest absolute Gasteiger partial charge is 0.307 e. The van der Waals surface area contributed by atoms with Gasteiger partial charge in [0.25, 0.3) is 5.56 Å². The van der Waals surface area contributed by atoms with Crippen molar-refractivity contribution in [1.29, 1.82) is 0 Å². The quantitative estimate of drug-likeness (QED) is 0.298. The maximum absolute atomic E-state index is 14.3. The van der Waals surface area contributed by atoms with Crippen LogP contribution in [-0.4, -0.2) is 40.7 Å². The topological polar surface area (TPSA) is 99.0 Å². The molecule has 0 fully saturated rings. The lowest BCUT2D eigenvalue weighted by Gasteiger charge is -2.17. The van der Waals surface area contributed by atoms with Crippen LogP contribution in [0.4, 0.5) is 4.39 Å². The smallest absolute Gasteiger partial charge is 0.262 e. The second-order valence-corrected chi connectivity index (χ2v) is 9.99. The molecule has 34 heavy (non-hydrogen) atoms. The van der Waals surface area contributed by atoms with E-state index in [9.17, 15) is 22.4 Å². The number of carbonyl (C=O) groups excluding carboxylic acids is 1. The number of ketones is 1. The van der Waals surface area contributed by atoms with Crippen molar-refractivity contribution in [2.24, 2.45) is 0 Å². The Morgan fingerprint density at radius 3 is 2.47 bits per heavy atom. The van der Waals surface area contributed by atoms with E-state index in [2.05, 4.69) is 9.97 Å². The lowest BCUT2D eigenvalue weighted by atomic mass is 9.93. The predicted octanol–water partition coefficient (Wildman–Crippen LogP) is 3.54. The van der Waals surface area contributed by atoms with Crippen LogP contribution in [-0.2, 0) is 16.4 Å². The molecule has 0 saturated heterocycles. The van der Waals surface area contributed by atoms with Crippen LogP contribution in [0.1, 0.15) is 15.9 Å². The van der Waals surface area contributed by atoms with Gasteiger partial charge in [0, 0.05) is 41.7 Å². The third kappa shape index (κ3) is 4.99. The Labute approximate surface area is 195 Å². The summed E-state index contributed by atoms with van der Waals surface area (Å²) < 4.78 is 39.2. The number of aryl methyl sites for hydroxylation is 1. The van der Waals surface area contributed by atoms with Crippen LogP contribution >= 0.6 is 0 Å². The molecular weight excluding hydrogens is 457 g/mol. The molecule has 7 nitrogen and oxygen atoms in total. The second kappa shape index (κ2) is 9.48. The fourth-order valence-electron chi connectivity index (χ4n) is 3.69. The van der Waals surface area contributed by atoms with E-state index < -0.39 is 27.0 Å². The molecule has 0 amide bonds. The molecule has 4 aromatic rings. The van der Waals surface area contributed by atoms with Gasteiger partial charge in [0.15, 0.2) is 5.78 Å². The van der Waals surface area contributed by atoms with E-state index in [4.69, 9.17) is 0 Å². The summed E-state index contributed by atoms with van der Waals surface area (Å²) in [4.78, 5) is 34.8. The van der Waals surface area contributed by atoms with Crippen LogP contribution in [0.3, 0.4) is 0 Å². The Balaban J connectivity index is 2.01. The molecule has 0 saturated carbocycles. The Morgan fingerprint density at radius 1 is 1.09 bits per heavy atom. The number of halogens is 1. The number of benzene rings is 2. The minimum absolute atomic E-state index is 0.175. The van der Waals surface area contributed by atoms with Gasteiger partial charge in [0.2, 0.25) is 0 Å². The molecule has 0 aliphatic carbocycles. The van der Waals surface area contributed by atoms with Crippen molar-refractivity contribution < 1.29 is 17.6 Å². The minimum Gasteiger partial charge on any atom is -0.307 e. The predicted molar refractivity (Wildman–Crippen MR) is 129 cm³/mol. The molecule has 172 valence electrons. The summed E-state index contributed by atoms with van der Waals surface area (Å²) in [7, 11) is -3.40. The standard InChI is InChI=1S/C25H20FN3O4S/c1-34(32,33)12-11-29-21-9-8-19(26)13-20(21)23(18-5-3-2-4-6-18)24(25(29)31)22(30)10-7-17-14-27-16-28-15-17/h2-10,13-16H,11-12H2,1H3/b10-7+. The summed E-state index contributed by atoms with van der Waals surface area (Å²) in [5.41, 5.74) is 0.915. The van der Waals surface area contributed by atoms with Crippen LogP contribution in [0.15, 0.2) is 78.1 Å². The summed E-state index contributed by atoms with van der Waals surface area (Å²) in [6.07, 6.45) is 8.14. The van der Waals surface area contributed by atoms with Crippen molar-refractivity contribution in [3.63, 3.8) is 0 Å². The molecule has 0 aliphatic heterocycles. The Bertz CT molecular complexity index is 1570. The Kier molecular flexibility index (Phi) is 6.47. The number of allylic oxidation sites excluding steroid dienone is 1. The maximum Gasteiger partial charge on any atom is 0.262 e. The van der Waals surface area contributed by atoms with Gasteiger partial charge < -0.3 is 4.57 Å². The van der Waals surface area contributed by atoms with E-state index in [1.165, 1.54) is 53.6 Å². The third-order valence-electron chi connectivity index (χ3n) is 5.23. The zero-order valence-electron chi connectivity index (χ0n) is 18.2. The number of hydrogen-bond acceptors (Lipinski definition) is 6. The van der Waals surface area contributed by atoms with E-state index in [1.54, 1.807) is 30.3 Å². The van der Waals surface area contributed by atoms with Gasteiger partial charge in [-0.3, -0.25) is 9.59 Å². The molecule has 4 rings (SSSR count). The fourth-order valence-corrected chi connectivity index (χ4v) is 4.21. The zero-order chi connectivity index (χ0) is 24.3. The first kappa shape index (κ1) is 23.2. The van der Waals surface area contributed by atoms with Gasteiger partial charge in [-0.25, -0.2) is 22.8 Å². The molecule has 0 bridgehead atoms. The number of carbonyl (C=O) groups is 1. The first-order valence-corrected chi connectivity index (χ1v) is 12.4. The molecule has 9 heteroatoms. The molecule has 2 aromatic carbocycles. The summed E-state index contributed by atoms with van der Waals surface area (Å²) >= 11 is 0. The van der Waals surface area contributed by atoms with Crippen molar-refractivity contribution in [3.8, 4) is 11.1 Å². The number of rotatable bonds is 7. The van der Waals surface area contributed by atoms with Crippen molar-refractivity contribution in [1.82, 2.24) is 14.5 Å². The second-order valence-electron chi connectivity index (χ2n) is 7.73. The van der Waals surface area contributed by atoms with E-state index >= 15 is 0 Å². The number of pyridine rings is 1. The summed E-state index contributed by atoms with van der Waals surface area (Å²) in [6, 6.07) is 12.6. The lowest BCUT2D eigenvalue weighted by Crippen LogP contribution is -2.30. The van der Waals surface area contributed by atoms with E-state index in [0.29, 0.717) is 22.0 Å². The molecule has 0 aliphatic rings. The summed E-state index contributed by atoms with van der Waals surface area (Å²) in [6.45, 7) is -0.175. The normalized spacial score (nSPS) is 11.8. The van der Waals surface area contributed by atoms with Gasteiger partial charge in [0.1, 0.15) is 22.0 Å². The Hall–Kier alpha value is -3.98. The minimum atomic E-state index is -3.40.